The summed E-state index contributed by atoms with van der Waals surface area (Å²) in [5.41, 5.74) is 3.31. The number of carbonyl (C=O) groups excluding carboxylic acids is 2. The lowest BCUT2D eigenvalue weighted by Gasteiger charge is -2.21. The van der Waals surface area contributed by atoms with E-state index in [1.807, 2.05) is 51.4 Å². The van der Waals surface area contributed by atoms with Crippen LogP contribution < -0.4 is 10.6 Å². The van der Waals surface area contributed by atoms with Gasteiger partial charge in [-0.2, -0.15) is 0 Å². The standard InChI is InChI=1S/C24H28ClN5O2S/c1-14(2)21(27-23(32)17-8-6-15(3)7-9-17)22-28-29-24(30(22)5)33-13-20(31)26-19-11-10-18(25)12-16(19)4/h6-12,14,21H,13H2,1-5H3,(H,26,31)(H,27,32)/t21-/m0/s1. The topological polar surface area (TPSA) is 88.9 Å². The molecule has 0 spiro atoms. The molecule has 2 aromatic carbocycles. The summed E-state index contributed by atoms with van der Waals surface area (Å²) in [4.78, 5) is 25.2. The van der Waals surface area contributed by atoms with Crippen LogP contribution in [0.4, 0.5) is 5.69 Å². The van der Waals surface area contributed by atoms with Gasteiger partial charge in [0.1, 0.15) is 0 Å². The molecule has 3 aromatic rings. The van der Waals surface area contributed by atoms with E-state index in [0.717, 1.165) is 16.8 Å². The Morgan fingerprint density at radius 1 is 1.09 bits per heavy atom. The largest absolute Gasteiger partial charge is 0.342 e. The van der Waals surface area contributed by atoms with Crippen molar-refractivity contribution in [1.29, 1.82) is 0 Å². The van der Waals surface area contributed by atoms with Crippen molar-refractivity contribution in [1.82, 2.24) is 20.1 Å². The quantitative estimate of drug-likeness (QED) is 0.441. The second-order valence-corrected chi connectivity index (χ2v) is 9.64. The van der Waals surface area contributed by atoms with Gasteiger partial charge in [-0.05, 0) is 55.7 Å². The Hall–Kier alpha value is -2.84. The van der Waals surface area contributed by atoms with Gasteiger partial charge in [-0.15, -0.1) is 10.2 Å². The Balaban J connectivity index is 1.66. The van der Waals surface area contributed by atoms with E-state index in [2.05, 4.69) is 20.8 Å². The van der Waals surface area contributed by atoms with Crippen molar-refractivity contribution < 1.29 is 9.59 Å². The molecule has 33 heavy (non-hydrogen) atoms. The van der Waals surface area contributed by atoms with Crippen molar-refractivity contribution in [3.63, 3.8) is 0 Å². The summed E-state index contributed by atoms with van der Waals surface area (Å²) in [5.74, 6) is 0.598. The summed E-state index contributed by atoms with van der Waals surface area (Å²) in [7, 11) is 1.84. The van der Waals surface area contributed by atoms with E-state index in [0.29, 0.717) is 21.6 Å². The summed E-state index contributed by atoms with van der Waals surface area (Å²) in [6.07, 6.45) is 0. The lowest BCUT2D eigenvalue weighted by molar-refractivity contribution is -0.113. The molecule has 0 saturated carbocycles. The van der Waals surface area contributed by atoms with E-state index in [1.54, 1.807) is 30.3 Å². The Bertz CT molecular complexity index is 1140. The number of benzene rings is 2. The first-order chi connectivity index (χ1) is 15.7. The molecule has 0 fully saturated rings. The zero-order valence-electron chi connectivity index (χ0n) is 19.3. The first-order valence-corrected chi connectivity index (χ1v) is 12.0. The number of thioether (sulfide) groups is 1. The molecule has 0 aliphatic heterocycles. The maximum Gasteiger partial charge on any atom is 0.251 e. The summed E-state index contributed by atoms with van der Waals surface area (Å²) in [5, 5.41) is 15.7. The van der Waals surface area contributed by atoms with Crippen LogP contribution in [-0.4, -0.2) is 32.3 Å². The second-order valence-electron chi connectivity index (χ2n) is 8.26. The zero-order valence-corrected chi connectivity index (χ0v) is 20.9. The normalized spacial score (nSPS) is 12.0. The van der Waals surface area contributed by atoms with E-state index in [1.165, 1.54) is 11.8 Å². The van der Waals surface area contributed by atoms with Crippen LogP contribution >= 0.6 is 23.4 Å². The minimum absolute atomic E-state index is 0.0938. The van der Waals surface area contributed by atoms with Crippen molar-refractivity contribution in [3.8, 4) is 0 Å². The van der Waals surface area contributed by atoms with Gasteiger partial charge in [-0.1, -0.05) is 54.9 Å². The van der Waals surface area contributed by atoms with E-state index in [9.17, 15) is 9.59 Å². The van der Waals surface area contributed by atoms with Crippen molar-refractivity contribution in [2.45, 2.75) is 38.9 Å². The fraction of sp³-hybridized carbons (Fsp3) is 0.333. The van der Waals surface area contributed by atoms with Gasteiger partial charge in [0.2, 0.25) is 5.91 Å². The molecule has 0 saturated heterocycles. The molecule has 0 unspecified atom stereocenters. The number of anilines is 1. The monoisotopic (exact) mass is 485 g/mol. The molecule has 9 heteroatoms. The summed E-state index contributed by atoms with van der Waals surface area (Å²) >= 11 is 7.26. The molecule has 2 amide bonds. The third kappa shape index (κ3) is 6.36. The van der Waals surface area contributed by atoms with Crippen molar-refractivity contribution >= 4 is 40.9 Å². The van der Waals surface area contributed by atoms with Crippen LogP contribution in [0.5, 0.6) is 0 Å². The van der Waals surface area contributed by atoms with Gasteiger partial charge in [-0.25, -0.2) is 0 Å². The average molecular weight is 486 g/mol. The van der Waals surface area contributed by atoms with Crippen LogP contribution in [0.3, 0.4) is 0 Å². The number of rotatable bonds is 8. The highest BCUT2D eigenvalue weighted by molar-refractivity contribution is 7.99. The van der Waals surface area contributed by atoms with Crippen molar-refractivity contribution in [3.05, 3.63) is 70.0 Å². The smallest absolute Gasteiger partial charge is 0.251 e. The van der Waals surface area contributed by atoms with Crippen LogP contribution in [0, 0.1) is 19.8 Å². The van der Waals surface area contributed by atoms with Gasteiger partial charge in [0.15, 0.2) is 11.0 Å². The molecule has 174 valence electrons. The molecule has 0 aliphatic rings. The number of nitrogens with zero attached hydrogens (tertiary/aromatic N) is 3. The maximum atomic E-state index is 12.8. The Morgan fingerprint density at radius 2 is 1.79 bits per heavy atom. The van der Waals surface area contributed by atoms with E-state index < -0.39 is 0 Å². The number of carbonyl (C=O) groups is 2. The number of aromatic nitrogens is 3. The first kappa shape index (κ1) is 24.8. The highest BCUT2D eigenvalue weighted by Gasteiger charge is 2.25. The van der Waals surface area contributed by atoms with Crippen molar-refractivity contribution in [2.75, 3.05) is 11.1 Å². The average Bonchev–Trinajstić information content (AvgIpc) is 3.12. The fourth-order valence-corrected chi connectivity index (χ4v) is 4.21. The maximum absolute atomic E-state index is 12.8. The van der Waals surface area contributed by atoms with Gasteiger partial charge in [0.25, 0.3) is 5.91 Å². The summed E-state index contributed by atoms with van der Waals surface area (Å²) < 4.78 is 1.82. The third-order valence-electron chi connectivity index (χ3n) is 5.21. The number of nitrogens with one attached hydrogen (secondary N) is 2. The molecule has 0 radical (unpaired) electrons. The van der Waals surface area contributed by atoms with Crippen LogP contribution in [0.25, 0.3) is 0 Å². The predicted octanol–water partition coefficient (Wildman–Crippen LogP) is 4.94. The van der Waals surface area contributed by atoms with Gasteiger partial charge >= 0.3 is 0 Å². The summed E-state index contributed by atoms with van der Waals surface area (Å²) in [6, 6.07) is 12.4. The van der Waals surface area contributed by atoms with Crippen LogP contribution in [0.15, 0.2) is 47.6 Å². The highest BCUT2D eigenvalue weighted by Crippen LogP contribution is 2.25. The lowest BCUT2D eigenvalue weighted by atomic mass is 10.0. The number of halogens is 1. The molecule has 1 heterocycles. The van der Waals surface area contributed by atoms with E-state index in [4.69, 9.17) is 11.6 Å². The van der Waals surface area contributed by atoms with Gasteiger partial charge in [0, 0.05) is 23.3 Å². The summed E-state index contributed by atoms with van der Waals surface area (Å²) in [6.45, 7) is 7.90. The minimum Gasteiger partial charge on any atom is -0.342 e. The van der Waals surface area contributed by atoms with E-state index >= 15 is 0 Å². The van der Waals surface area contributed by atoms with Gasteiger partial charge < -0.3 is 15.2 Å². The molecule has 1 aromatic heterocycles. The zero-order chi connectivity index (χ0) is 24.1. The van der Waals surface area contributed by atoms with Gasteiger partial charge in [-0.3, -0.25) is 9.59 Å². The van der Waals surface area contributed by atoms with Crippen LogP contribution in [-0.2, 0) is 11.8 Å². The number of hydrogen-bond acceptors (Lipinski definition) is 5. The van der Waals surface area contributed by atoms with Crippen LogP contribution in [0.1, 0.15) is 47.2 Å². The Kier molecular flexibility index (Phi) is 8.15. The lowest BCUT2D eigenvalue weighted by Crippen LogP contribution is -2.33. The molecule has 1 atom stereocenters. The van der Waals surface area contributed by atoms with Gasteiger partial charge in [0.05, 0.1) is 11.8 Å². The predicted molar refractivity (Wildman–Crippen MR) is 133 cm³/mol. The molecule has 0 aliphatic carbocycles. The van der Waals surface area contributed by atoms with E-state index in [-0.39, 0.29) is 29.5 Å². The Morgan fingerprint density at radius 3 is 2.42 bits per heavy atom. The number of amides is 2. The molecule has 2 N–H and O–H groups in total. The molecular formula is C24H28ClN5O2S. The third-order valence-corrected chi connectivity index (χ3v) is 6.46. The highest BCUT2D eigenvalue weighted by atomic mass is 35.5. The fourth-order valence-electron chi connectivity index (χ4n) is 3.27. The molecule has 3 rings (SSSR count). The molecule has 7 nitrogen and oxygen atoms in total. The molecule has 0 bridgehead atoms. The number of aryl methyl sites for hydroxylation is 2. The minimum atomic E-state index is -0.323. The second kappa shape index (κ2) is 10.9. The SMILES string of the molecule is Cc1ccc(C(=O)N[C@H](c2nnc(SCC(=O)Nc3ccc(Cl)cc3C)n2C)C(C)C)cc1. The Labute approximate surface area is 203 Å². The van der Waals surface area contributed by atoms with Crippen LogP contribution in [0.2, 0.25) is 5.02 Å². The molecular weight excluding hydrogens is 458 g/mol. The number of hydrogen-bond donors (Lipinski definition) is 2. The van der Waals surface area contributed by atoms with Crippen molar-refractivity contribution in [2.24, 2.45) is 13.0 Å². The first-order valence-electron chi connectivity index (χ1n) is 10.6.